The molecule has 0 aromatic carbocycles. The Hall–Kier alpha value is -1.29. The van der Waals surface area contributed by atoms with E-state index in [2.05, 4.69) is 10.2 Å². The van der Waals surface area contributed by atoms with Gasteiger partial charge in [-0.2, -0.15) is 0 Å². The normalized spacial score (nSPS) is 23.1. The molecule has 7 nitrogen and oxygen atoms in total. The fourth-order valence-corrected chi connectivity index (χ4v) is 3.67. The van der Waals surface area contributed by atoms with Crippen molar-refractivity contribution in [3.8, 4) is 0 Å². The lowest BCUT2D eigenvalue weighted by molar-refractivity contribution is -0.119. The average Bonchev–Trinajstić information content (AvgIpc) is 3.31. The van der Waals surface area contributed by atoms with Crippen LogP contribution in [0.15, 0.2) is 27.8 Å². The predicted octanol–water partition coefficient (Wildman–Crippen LogP) is 2.01. The van der Waals surface area contributed by atoms with Crippen molar-refractivity contribution in [3.63, 3.8) is 0 Å². The van der Waals surface area contributed by atoms with Gasteiger partial charge in [0.15, 0.2) is 5.96 Å². The number of hydrogen-bond acceptors (Lipinski definition) is 4. The lowest BCUT2D eigenvalue weighted by Gasteiger charge is -2.35. The van der Waals surface area contributed by atoms with Crippen LogP contribution in [0.2, 0.25) is 0 Å². The summed E-state index contributed by atoms with van der Waals surface area (Å²) in [6.07, 6.45) is 6.15. The number of nitrogens with two attached hydrogens (primary N) is 1. The maximum Gasteiger partial charge on any atom is 0.217 e. The zero-order chi connectivity index (χ0) is 18.2. The molecule has 0 radical (unpaired) electrons. The van der Waals surface area contributed by atoms with Crippen LogP contribution in [0.5, 0.6) is 0 Å². The van der Waals surface area contributed by atoms with E-state index in [1.807, 2.05) is 12.1 Å². The third-order valence-electron chi connectivity index (χ3n) is 5.07. The number of carbonyl (C=O) groups excluding carboxylic acids is 1. The quantitative estimate of drug-likeness (QED) is 0.347. The molecule has 1 amide bonds. The molecule has 3 heterocycles. The zero-order valence-corrected chi connectivity index (χ0v) is 18.1. The first-order valence-electron chi connectivity index (χ1n) is 9.62. The van der Waals surface area contributed by atoms with E-state index >= 15 is 0 Å². The number of aliphatic imine (C=N–C) groups is 1. The van der Waals surface area contributed by atoms with Crippen LogP contribution >= 0.6 is 24.0 Å². The van der Waals surface area contributed by atoms with Crippen molar-refractivity contribution >= 4 is 35.8 Å². The van der Waals surface area contributed by atoms with Gasteiger partial charge in [0, 0.05) is 51.5 Å². The first-order chi connectivity index (χ1) is 12.7. The van der Waals surface area contributed by atoms with Crippen molar-refractivity contribution < 1.29 is 13.9 Å². The highest BCUT2D eigenvalue weighted by Gasteiger charge is 2.24. The number of nitrogens with one attached hydrogen (secondary N) is 1. The van der Waals surface area contributed by atoms with Gasteiger partial charge in [0.05, 0.1) is 12.9 Å². The molecular weight excluding hydrogens is 459 g/mol. The van der Waals surface area contributed by atoms with Crippen LogP contribution in [0.3, 0.4) is 0 Å². The van der Waals surface area contributed by atoms with E-state index in [-0.39, 0.29) is 29.9 Å². The van der Waals surface area contributed by atoms with E-state index in [4.69, 9.17) is 19.9 Å². The summed E-state index contributed by atoms with van der Waals surface area (Å²) in [7, 11) is 0. The molecule has 2 atom stereocenters. The van der Waals surface area contributed by atoms with Crippen molar-refractivity contribution in [2.75, 3.05) is 39.4 Å². The Morgan fingerprint density at radius 1 is 1.37 bits per heavy atom. The topological polar surface area (TPSA) is 93.1 Å². The minimum absolute atomic E-state index is 0. The molecule has 2 aliphatic heterocycles. The third kappa shape index (κ3) is 7.33. The van der Waals surface area contributed by atoms with Gasteiger partial charge in [-0.3, -0.25) is 9.79 Å². The molecule has 1 aromatic heterocycles. The van der Waals surface area contributed by atoms with Crippen molar-refractivity contribution in [1.82, 2.24) is 10.2 Å². The number of furan rings is 1. The fraction of sp³-hybridized carbons (Fsp3) is 0.684. The Kier molecular flexibility index (Phi) is 9.40. The minimum atomic E-state index is -0.218. The number of amides is 1. The van der Waals surface area contributed by atoms with Crippen LogP contribution in [0.1, 0.15) is 31.4 Å². The van der Waals surface area contributed by atoms with Gasteiger partial charge in [-0.25, -0.2) is 0 Å². The number of carbonyl (C=O) groups is 1. The summed E-state index contributed by atoms with van der Waals surface area (Å²) in [4.78, 5) is 18.4. The second-order valence-corrected chi connectivity index (χ2v) is 7.27. The molecule has 2 saturated heterocycles. The van der Waals surface area contributed by atoms with E-state index in [0.717, 1.165) is 76.8 Å². The number of piperidine rings is 1. The summed E-state index contributed by atoms with van der Waals surface area (Å²) in [5, 5.41) is 3.48. The van der Waals surface area contributed by atoms with Crippen molar-refractivity contribution in [2.45, 2.75) is 32.1 Å². The van der Waals surface area contributed by atoms with Gasteiger partial charge in [0.1, 0.15) is 5.76 Å². The molecule has 2 unspecified atom stereocenters. The smallest absolute Gasteiger partial charge is 0.217 e. The summed E-state index contributed by atoms with van der Waals surface area (Å²) in [6, 6.07) is 3.89. The molecular formula is C19H31IN4O3. The molecule has 152 valence electrons. The molecule has 0 saturated carbocycles. The highest BCUT2D eigenvalue weighted by Crippen LogP contribution is 2.20. The Balaban J connectivity index is 0.00000261. The zero-order valence-electron chi connectivity index (χ0n) is 15.8. The first kappa shape index (κ1) is 22.0. The van der Waals surface area contributed by atoms with Gasteiger partial charge < -0.3 is 25.1 Å². The molecule has 8 heteroatoms. The highest BCUT2D eigenvalue weighted by molar-refractivity contribution is 14.0. The van der Waals surface area contributed by atoms with Gasteiger partial charge in [0.25, 0.3) is 0 Å². The lowest BCUT2D eigenvalue weighted by atomic mass is 9.95. The number of guanidine groups is 1. The molecule has 0 aliphatic carbocycles. The number of halogens is 1. The van der Waals surface area contributed by atoms with Gasteiger partial charge >= 0.3 is 0 Å². The summed E-state index contributed by atoms with van der Waals surface area (Å²) >= 11 is 0. The fourth-order valence-electron chi connectivity index (χ4n) is 3.67. The van der Waals surface area contributed by atoms with Gasteiger partial charge in [0.2, 0.25) is 5.91 Å². The van der Waals surface area contributed by atoms with Crippen LogP contribution in [0, 0.1) is 11.8 Å². The molecule has 2 aliphatic rings. The Morgan fingerprint density at radius 2 is 2.26 bits per heavy atom. The van der Waals surface area contributed by atoms with Crippen LogP contribution in [0.25, 0.3) is 0 Å². The Morgan fingerprint density at radius 3 is 2.96 bits per heavy atom. The Bertz CT molecular complexity index is 588. The van der Waals surface area contributed by atoms with E-state index in [1.54, 1.807) is 6.26 Å². The van der Waals surface area contributed by atoms with Crippen LogP contribution in [0.4, 0.5) is 0 Å². The molecule has 27 heavy (non-hydrogen) atoms. The summed E-state index contributed by atoms with van der Waals surface area (Å²) < 4.78 is 10.9. The van der Waals surface area contributed by atoms with Crippen molar-refractivity contribution in [2.24, 2.45) is 22.6 Å². The van der Waals surface area contributed by atoms with Gasteiger partial charge in [-0.05, 0) is 37.3 Å². The predicted molar refractivity (Wildman–Crippen MR) is 115 cm³/mol. The standard InChI is InChI=1S/C19H30N4O3.HI/c20-18(24)11-15-3-1-8-23(13-15)19(22-12-16-6-10-25-14-16)21-7-5-17-4-2-9-26-17;/h2,4,9,15-16H,1,3,5-8,10-14H2,(H2,20,24)(H,21,22);1H. The molecule has 2 fully saturated rings. The summed E-state index contributed by atoms with van der Waals surface area (Å²) in [5.74, 6) is 2.49. The molecule has 3 N–H and O–H groups in total. The maximum atomic E-state index is 11.3. The first-order valence-corrected chi connectivity index (χ1v) is 9.62. The third-order valence-corrected chi connectivity index (χ3v) is 5.07. The van der Waals surface area contributed by atoms with E-state index in [9.17, 15) is 4.79 Å². The molecule has 0 bridgehead atoms. The number of ether oxygens (including phenoxy) is 1. The summed E-state index contributed by atoms with van der Waals surface area (Å²) in [5.41, 5.74) is 5.39. The summed E-state index contributed by atoms with van der Waals surface area (Å²) in [6.45, 7) is 4.98. The highest BCUT2D eigenvalue weighted by atomic mass is 127. The molecule has 3 rings (SSSR count). The monoisotopic (exact) mass is 490 g/mol. The maximum absolute atomic E-state index is 11.3. The van der Waals surface area contributed by atoms with Crippen LogP contribution < -0.4 is 11.1 Å². The van der Waals surface area contributed by atoms with E-state index in [0.29, 0.717) is 18.3 Å². The van der Waals surface area contributed by atoms with Gasteiger partial charge in [-0.1, -0.05) is 0 Å². The number of primary amides is 1. The Labute approximate surface area is 178 Å². The van der Waals surface area contributed by atoms with Gasteiger partial charge in [-0.15, -0.1) is 24.0 Å². The molecule has 0 spiro atoms. The van der Waals surface area contributed by atoms with E-state index < -0.39 is 0 Å². The average molecular weight is 490 g/mol. The SMILES string of the molecule is I.NC(=O)CC1CCCN(C(=NCC2CCOC2)NCCc2ccco2)C1. The van der Waals surface area contributed by atoms with Crippen LogP contribution in [-0.2, 0) is 16.0 Å². The van der Waals surface area contributed by atoms with Crippen molar-refractivity contribution in [3.05, 3.63) is 24.2 Å². The number of likely N-dealkylation sites (tertiary alicyclic amines) is 1. The second-order valence-electron chi connectivity index (χ2n) is 7.27. The number of nitrogens with zero attached hydrogens (tertiary/aromatic N) is 2. The largest absolute Gasteiger partial charge is 0.469 e. The van der Waals surface area contributed by atoms with E-state index in [1.165, 1.54) is 0 Å². The number of rotatable bonds is 7. The second kappa shape index (κ2) is 11.5. The molecule has 1 aromatic rings. The van der Waals surface area contributed by atoms with Crippen LogP contribution in [-0.4, -0.2) is 56.2 Å². The van der Waals surface area contributed by atoms with Crippen molar-refractivity contribution in [1.29, 1.82) is 0 Å². The lowest BCUT2D eigenvalue weighted by Crippen LogP contribution is -2.47. The minimum Gasteiger partial charge on any atom is -0.469 e. The number of hydrogen-bond donors (Lipinski definition) is 2.